The molecule has 0 spiro atoms. The molecule has 1 N–H and O–H groups in total. The Morgan fingerprint density at radius 1 is 1.39 bits per heavy atom. The summed E-state index contributed by atoms with van der Waals surface area (Å²) in [5.74, 6) is 0. The van der Waals surface area contributed by atoms with Crippen LogP contribution in [0.3, 0.4) is 0 Å². The normalized spacial score (nSPS) is 18.1. The Hall–Kier alpha value is -1.77. The summed E-state index contributed by atoms with van der Waals surface area (Å²) in [4.78, 5) is 0. The van der Waals surface area contributed by atoms with E-state index in [1.165, 1.54) is 12.3 Å². The maximum Gasteiger partial charge on any atom is 0.309 e. The Bertz CT molecular complexity index is 627. The number of sulfonamides is 1. The highest BCUT2D eigenvalue weighted by Crippen LogP contribution is 2.19. The van der Waals surface area contributed by atoms with E-state index in [4.69, 9.17) is 0 Å². The minimum atomic E-state index is -3.75. The van der Waals surface area contributed by atoms with Crippen LogP contribution in [-0.2, 0) is 10.0 Å². The van der Waals surface area contributed by atoms with E-state index >= 15 is 0 Å². The fraction of sp³-hybridized carbons (Fsp3) is 0. The van der Waals surface area contributed by atoms with Crippen LogP contribution in [0.2, 0.25) is 0 Å². The van der Waals surface area contributed by atoms with Gasteiger partial charge < -0.3 is 0 Å². The first-order valence-corrected chi connectivity index (χ1v) is 7.15. The van der Waals surface area contributed by atoms with E-state index in [9.17, 15) is 13.6 Å². The van der Waals surface area contributed by atoms with Gasteiger partial charge in [0.2, 0.25) is 0 Å². The molecule has 0 atom stereocenters. The number of hydroxylamine groups is 2. The third-order valence-electron chi connectivity index (χ3n) is 1.96. The lowest BCUT2D eigenvalue weighted by atomic mass is 10.3. The van der Waals surface area contributed by atoms with Crippen molar-refractivity contribution in [1.82, 2.24) is 5.06 Å². The van der Waals surface area contributed by atoms with Crippen molar-refractivity contribution in [2.45, 2.75) is 4.21 Å². The van der Waals surface area contributed by atoms with Gasteiger partial charge in [-0.3, -0.25) is 5.21 Å². The van der Waals surface area contributed by atoms with Crippen LogP contribution in [0.4, 0.5) is 0 Å². The lowest BCUT2D eigenvalue weighted by molar-refractivity contribution is -0.000512. The van der Waals surface area contributed by atoms with Gasteiger partial charge >= 0.3 is 10.0 Å². The van der Waals surface area contributed by atoms with Gasteiger partial charge in [0.25, 0.3) is 0 Å². The van der Waals surface area contributed by atoms with Gasteiger partial charge in [0, 0.05) is 6.20 Å². The van der Waals surface area contributed by atoms with E-state index in [1.54, 1.807) is 29.7 Å². The van der Waals surface area contributed by atoms with Crippen LogP contribution >= 0.6 is 11.3 Å². The topological polar surface area (TPSA) is 82.3 Å². The standard InChI is InChI=1S/C10H9N3O3S2/c14-13-6-2-1-4-9(13)8-11-12-18(15,16)10-5-3-7-17-10/h1-8,14H. The summed E-state index contributed by atoms with van der Waals surface area (Å²) >= 11 is 1.07. The number of hydrogen-bond donors (Lipinski definition) is 1. The zero-order valence-electron chi connectivity index (χ0n) is 9.04. The number of thiophene rings is 1. The third kappa shape index (κ3) is 2.92. The van der Waals surface area contributed by atoms with Gasteiger partial charge in [-0.2, -0.15) is 8.42 Å². The van der Waals surface area contributed by atoms with E-state index in [1.807, 2.05) is 0 Å². The molecule has 0 radical (unpaired) electrons. The van der Waals surface area contributed by atoms with E-state index < -0.39 is 10.0 Å². The summed E-state index contributed by atoms with van der Waals surface area (Å²) in [5, 5.41) is 15.3. The second kappa shape index (κ2) is 5.25. The minimum Gasteiger partial charge on any atom is -0.284 e. The average molecular weight is 283 g/mol. The van der Waals surface area contributed by atoms with E-state index in [0.29, 0.717) is 5.70 Å². The van der Waals surface area contributed by atoms with Crippen LogP contribution in [0.5, 0.6) is 0 Å². The van der Waals surface area contributed by atoms with Crippen molar-refractivity contribution in [2.24, 2.45) is 9.63 Å². The first kappa shape index (κ1) is 12.7. The Morgan fingerprint density at radius 3 is 2.89 bits per heavy atom. The monoisotopic (exact) mass is 283 g/mol. The van der Waals surface area contributed by atoms with Crippen LogP contribution in [0.15, 0.2) is 67.7 Å². The van der Waals surface area contributed by atoms with Crippen LogP contribution in [-0.4, -0.2) is 18.7 Å². The van der Waals surface area contributed by atoms with Crippen molar-refractivity contribution in [1.29, 1.82) is 0 Å². The van der Waals surface area contributed by atoms with Crippen LogP contribution in [0, 0.1) is 0 Å². The molecule has 1 aliphatic rings. The smallest absolute Gasteiger partial charge is 0.284 e. The zero-order valence-corrected chi connectivity index (χ0v) is 10.7. The van der Waals surface area contributed by atoms with Crippen molar-refractivity contribution in [2.75, 3.05) is 0 Å². The van der Waals surface area contributed by atoms with Crippen molar-refractivity contribution < 1.29 is 13.6 Å². The molecular weight excluding hydrogens is 274 g/mol. The number of allylic oxidation sites excluding steroid dienone is 3. The SMILES string of the molecule is O=S(=O)(N=NC=C1C=CC=CN1O)c1cccs1. The predicted octanol–water partition coefficient (Wildman–Crippen LogP) is 2.51. The highest BCUT2D eigenvalue weighted by Gasteiger charge is 2.13. The van der Waals surface area contributed by atoms with E-state index in [2.05, 4.69) is 9.63 Å². The number of rotatable bonds is 3. The highest BCUT2D eigenvalue weighted by molar-refractivity contribution is 7.92. The van der Waals surface area contributed by atoms with Crippen LogP contribution < -0.4 is 0 Å². The fourth-order valence-electron chi connectivity index (χ4n) is 1.15. The van der Waals surface area contributed by atoms with Crippen molar-refractivity contribution in [3.63, 3.8) is 0 Å². The molecule has 2 rings (SSSR count). The maximum absolute atomic E-state index is 11.6. The molecule has 0 aliphatic carbocycles. The zero-order chi connectivity index (χ0) is 13.0. The maximum atomic E-state index is 11.6. The molecule has 0 aromatic carbocycles. The molecule has 94 valence electrons. The van der Waals surface area contributed by atoms with Crippen molar-refractivity contribution in [3.05, 3.63) is 53.8 Å². The van der Waals surface area contributed by atoms with Gasteiger partial charge in [-0.05, 0) is 23.6 Å². The molecule has 6 nitrogen and oxygen atoms in total. The number of hydrogen-bond acceptors (Lipinski definition) is 6. The molecular formula is C10H9N3O3S2. The largest absolute Gasteiger partial charge is 0.309 e. The summed E-state index contributed by atoms with van der Waals surface area (Å²) in [6, 6.07) is 3.07. The van der Waals surface area contributed by atoms with Crippen molar-refractivity contribution in [3.8, 4) is 0 Å². The first-order valence-electron chi connectivity index (χ1n) is 4.83. The van der Waals surface area contributed by atoms with Gasteiger partial charge in [-0.1, -0.05) is 16.7 Å². The van der Waals surface area contributed by atoms with E-state index in [-0.39, 0.29) is 4.21 Å². The second-order valence-electron chi connectivity index (χ2n) is 3.20. The Balaban J connectivity index is 2.15. The van der Waals surface area contributed by atoms with E-state index in [0.717, 1.165) is 22.6 Å². The van der Waals surface area contributed by atoms with Gasteiger partial charge in [-0.15, -0.1) is 16.5 Å². The molecule has 0 fully saturated rings. The average Bonchev–Trinajstić information content (AvgIpc) is 2.86. The lowest BCUT2D eigenvalue weighted by Gasteiger charge is -2.13. The summed E-state index contributed by atoms with van der Waals surface area (Å²) in [5.41, 5.74) is 0.322. The Labute approximate surface area is 108 Å². The summed E-state index contributed by atoms with van der Waals surface area (Å²) in [7, 11) is -3.75. The molecule has 8 heteroatoms. The highest BCUT2D eigenvalue weighted by atomic mass is 32.2. The van der Waals surface area contributed by atoms with Crippen molar-refractivity contribution >= 4 is 21.4 Å². The molecule has 18 heavy (non-hydrogen) atoms. The molecule has 0 bridgehead atoms. The van der Waals surface area contributed by atoms with Gasteiger partial charge in [-0.25, -0.2) is 5.06 Å². The molecule has 0 saturated heterocycles. The molecule has 1 aromatic heterocycles. The number of nitrogens with zero attached hydrogens (tertiary/aromatic N) is 3. The molecule has 2 heterocycles. The fourth-order valence-corrected chi connectivity index (χ4v) is 2.85. The molecule has 0 amide bonds. The summed E-state index contributed by atoms with van der Waals surface area (Å²) in [6.45, 7) is 0. The summed E-state index contributed by atoms with van der Waals surface area (Å²) in [6.07, 6.45) is 7.43. The second-order valence-corrected chi connectivity index (χ2v) is 5.96. The predicted molar refractivity (Wildman–Crippen MR) is 66.3 cm³/mol. The van der Waals surface area contributed by atoms with Crippen LogP contribution in [0.25, 0.3) is 0 Å². The van der Waals surface area contributed by atoms with Gasteiger partial charge in [0.1, 0.15) is 4.21 Å². The van der Waals surface area contributed by atoms with Gasteiger partial charge in [0.15, 0.2) is 0 Å². The first-order chi connectivity index (χ1) is 8.59. The minimum absolute atomic E-state index is 0.129. The molecule has 1 aromatic rings. The van der Waals surface area contributed by atoms with Crippen LogP contribution in [0.1, 0.15) is 0 Å². The summed E-state index contributed by atoms with van der Waals surface area (Å²) < 4.78 is 26.7. The molecule has 1 aliphatic heterocycles. The molecule has 0 unspecified atom stereocenters. The Morgan fingerprint density at radius 2 is 2.22 bits per heavy atom. The third-order valence-corrected chi connectivity index (χ3v) is 4.50. The van der Waals surface area contributed by atoms with Gasteiger partial charge in [0.05, 0.1) is 11.9 Å². The Kier molecular flexibility index (Phi) is 3.70. The quantitative estimate of drug-likeness (QED) is 0.864. The molecule has 0 saturated carbocycles. The lowest BCUT2D eigenvalue weighted by Crippen LogP contribution is -2.10.